The van der Waals surface area contributed by atoms with Gasteiger partial charge >= 0.3 is 0 Å². The number of nitrogens with one attached hydrogen (secondary N) is 1. The Balaban J connectivity index is 2.28. The van der Waals surface area contributed by atoms with Gasteiger partial charge in [0.1, 0.15) is 0 Å². The Morgan fingerprint density at radius 2 is 2.00 bits per heavy atom. The minimum Gasteiger partial charge on any atom is -0.338 e. The number of nitrogens with zero attached hydrogens (tertiary/aromatic N) is 1. The maximum absolute atomic E-state index is 12.1. The van der Waals surface area contributed by atoms with Crippen molar-refractivity contribution in [3.05, 3.63) is 41.1 Å². The summed E-state index contributed by atoms with van der Waals surface area (Å²) in [6.45, 7) is 3.53. The van der Waals surface area contributed by atoms with E-state index in [4.69, 9.17) is 4.52 Å². The highest BCUT2D eigenvalue weighted by atomic mass is 32.2. The zero-order chi connectivity index (χ0) is 14.9. The number of hydrogen-bond acceptors (Lipinski definition) is 5. The zero-order valence-corrected chi connectivity index (χ0v) is 12.1. The standard InChI is InChI=1S/C13H14N2O4S/c1-8-9(2)15-19-13(8)14-12(16)10-5-4-6-11(7-10)20(3,17)18/h4-7H,1-3H3,(H,14,16). The highest BCUT2D eigenvalue weighted by Gasteiger charge is 2.15. The smallest absolute Gasteiger partial charge is 0.258 e. The molecule has 6 nitrogen and oxygen atoms in total. The van der Waals surface area contributed by atoms with Crippen LogP contribution in [-0.4, -0.2) is 25.7 Å². The normalized spacial score (nSPS) is 11.3. The summed E-state index contributed by atoms with van der Waals surface area (Å²) in [5, 5.41) is 6.30. The number of carbonyl (C=O) groups is 1. The Hall–Kier alpha value is -2.15. The summed E-state index contributed by atoms with van der Waals surface area (Å²) in [5.41, 5.74) is 1.66. The lowest BCUT2D eigenvalue weighted by atomic mass is 10.2. The first-order chi connectivity index (χ1) is 9.29. The second-order valence-corrected chi connectivity index (χ2v) is 6.49. The lowest BCUT2D eigenvalue weighted by Crippen LogP contribution is -2.13. The molecule has 0 radical (unpaired) electrons. The molecule has 1 heterocycles. The Morgan fingerprint density at radius 3 is 2.55 bits per heavy atom. The van der Waals surface area contributed by atoms with Gasteiger partial charge < -0.3 is 4.52 Å². The minimum atomic E-state index is -3.35. The Bertz CT molecular complexity index is 762. The quantitative estimate of drug-likeness (QED) is 0.934. The maximum Gasteiger partial charge on any atom is 0.258 e. The van der Waals surface area contributed by atoms with Crippen molar-refractivity contribution < 1.29 is 17.7 Å². The van der Waals surface area contributed by atoms with Crippen molar-refractivity contribution in [2.75, 3.05) is 11.6 Å². The van der Waals surface area contributed by atoms with Gasteiger partial charge in [0.05, 0.1) is 10.6 Å². The highest BCUT2D eigenvalue weighted by molar-refractivity contribution is 7.90. The number of carbonyl (C=O) groups excluding carboxylic acids is 1. The largest absolute Gasteiger partial charge is 0.338 e. The van der Waals surface area contributed by atoms with Crippen molar-refractivity contribution >= 4 is 21.6 Å². The van der Waals surface area contributed by atoms with Crippen LogP contribution in [0.2, 0.25) is 0 Å². The van der Waals surface area contributed by atoms with Crippen LogP contribution < -0.4 is 5.32 Å². The number of hydrogen-bond donors (Lipinski definition) is 1. The number of rotatable bonds is 3. The Morgan fingerprint density at radius 1 is 1.30 bits per heavy atom. The summed E-state index contributed by atoms with van der Waals surface area (Å²) in [6.07, 6.45) is 1.09. The van der Waals surface area contributed by atoms with Gasteiger partial charge in [-0.15, -0.1) is 0 Å². The van der Waals surface area contributed by atoms with Gasteiger partial charge in [-0.1, -0.05) is 11.2 Å². The van der Waals surface area contributed by atoms with Gasteiger partial charge in [0.2, 0.25) is 5.88 Å². The molecular weight excluding hydrogens is 280 g/mol. The average molecular weight is 294 g/mol. The van der Waals surface area contributed by atoms with Crippen LogP contribution >= 0.6 is 0 Å². The van der Waals surface area contributed by atoms with Gasteiger partial charge in [0.15, 0.2) is 9.84 Å². The van der Waals surface area contributed by atoms with E-state index in [9.17, 15) is 13.2 Å². The molecule has 0 aliphatic heterocycles. The van der Waals surface area contributed by atoms with E-state index in [1.54, 1.807) is 13.8 Å². The second kappa shape index (κ2) is 5.09. The van der Waals surface area contributed by atoms with E-state index in [0.29, 0.717) is 5.69 Å². The van der Waals surface area contributed by atoms with Crippen LogP contribution in [0.5, 0.6) is 0 Å². The number of amides is 1. The first-order valence-corrected chi connectivity index (χ1v) is 7.72. The van der Waals surface area contributed by atoms with Crippen LogP contribution in [0.1, 0.15) is 21.6 Å². The van der Waals surface area contributed by atoms with E-state index in [-0.39, 0.29) is 16.3 Å². The van der Waals surface area contributed by atoms with Crippen LogP contribution in [0.3, 0.4) is 0 Å². The van der Waals surface area contributed by atoms with Crippen molar-refractivity contribution in [2.24, 2.45) is 0 Å². The summed E-state index contributed by atoms with van der Waals surface area (Å²) >= 11 is 0. The molecule has 0 spiro atoms. The fourth-order valence-corrected chi connectivity index (χ4v) is 2.24. The molecule has 106 valence electrons. The van der Waals surface area contributed by atoms with Crippen molar-refractivity contribution in [1.82, 2.24) is 5.16 Å². The summed E-state index contributed by atoms with van der Waals surface area (Å²) < 4.78 is 27.9. The van der Waals surface area contributed by atoms with E-state index in [1.807, 2.05) is 0 Å². The molecule has 0 aliphatic carbocycles. The topological polar surface area (TPSA) is 89.3 Å². The van der Waals surface area contributed by atoms with E-state index in [0.717, 1.165) is 11.8 Å². The molecule has 2 rings (SSSR count). The predicted molar refractivity (Wildman–Crippen MR) is 73.5 cm³/mol. The molecule has 1 N–H and O–H groups in total. The van der Waals surface area contributed by atoms with Crippen molar-refractivity contribution in [2.45, 2.75) is 18.7 Å². The molecule has 0 atom stereocenters. The zero-order valence-electron chi connectivity index (χ0n) is 11.3. The fourth-order valence-electron chi connectivity index (χ4n) is 1.58. The summed E-state index contributed by atoms with van der Waals surface area (Å²) in [6, 6.07) is 5.81. The van der Waals surface area contributed by atoms with Crippen LogP contribution in [0.4, 0.5) is 5.88 Å². The molecular formula is C13H14N2O4S. The lowest BCUT2D eigenvalue weighted by molar-refractivity contribution is 0.102. The number of aromatic nitrogens is 1. The van der Waals surface area contributed by atoms with Gasteiger partial charge in [-0.05, 0) is 32.0 Å². The third kappa shape index (κ3) is 2.88. The van der Waals surface area contributed by atoms with Gasteiger partial charge in [-0.2, -0.15) is 0 Å². The molecule has 1 amide bonds. The molecule has 0 aliphatic rings. The first-order valence-electron chi connectivity index (χ1n) is 5.83. The van der Waals surface area contributed by atoms with Gasteiger partial charge in [0, 0.05) is 17.4 Å². The highest BCUT2D eigenvalue weighted by Crippen LogP contribution is 2.19. The molecule has 1 aromatic carbocycles. The number of anilines is 1. The lowest BCUT2D eigenvalue weighted by Gasteiger charge is -2.04. The molecule has 0 saturated carbocycles. The van der Waals surface area contributed by atoms with Gasteiger partial charge in [0.25, 0.3) is 5.91 Å². The number of sulfone groups is 1. The minimum absolute atomic E-state index is 0.0932. The summed E-state index contributed by atoms with van der Waals surface area (Å²) in [5.74, 6) is -0.188. The molecule has 0 unspecified atom stereocenters. The maximum atomic E-state index is 12.1. The first kappa shape index (κ1) is 14.3. The van der Waals surface area contributed by atoms with E-state index >= 15 is 0 Å². The molecule has 20 heavy (non-hydrogen) atoms. The van der Waals surface area contributed by atoms with Gasteiger partial charge in [-0.3, -0.25) is 10.1 Å². The van der Waals surface area contributed by atoms with E-state index in [2.05, 4.69) is 10.5 Å². The summed E-state index contributed by atoms with van der Waals surface area (Å²) in [4.78, 5) is 12.2. The van der Waals surface area contributed by atoms with Crippen LogP contribution in [0.25, 0.3) is 0 Å². The average Bonchev–Trinajstić information content (AvgIpc) is 2.70. The van der Waals surface area contributed by atoms with Crippen molar-refractivity contribution in [3.8, 4) is 0 Å². The predicted octanol–water partition coefficient (Wildman–Crippen LogP) is 1.95. The third-order valence-corrected chi connectivity index (χ3v) is 4.02. The second-order valence-electron chi connectivity index (χ2n) is 4.48. The molecule has 1 aromatic heterocycles. The molecule has 0 fully saturated rings. The van der Waals surface area contributed by atoms with Crippen molar-refractivity contribution in [1.29, 1.82) is 0 Å². The van der Waals surface area contributed by atoms with Gasteiger partial charge in [-0.25, -0.2) is 8.42 Å². The number of aryl methyl sites for hydroxylation is 1. The third-order valence-electron chi connectivity index (χ3n) is 2.91. The Labute approximate surface area is 116 Å². The van der Waals surface area contributed by atoms with Crippen LogP contribution in [0.15, 0.2) is 33.7 Å². The van der Waals surface area contributed by atoms with Crippen LogP contribution in [0, 0.1) is 13.8 Å². The molecule has 7 heteroatoms. The van der Waals surface area contributed by atoms with E-state index < -0.39 is 15.7 Å². The number of benzene rings is 1. The Kier molecular flexibility index (Phi) is 3.63. The van der Waals surface area contributed by atoms with Crippen LogP contribution in [-0.2, 0) is 9.84 Å². The fraction of sp³-hybridized carbons (Fsp3) is 0.231. The summed E-state index contributed by atoms with van der Waals surface area (Å²) in [7, 11) is -3.35. The SMILES string of the molecule is Cc1noc(NC(=O)c2cccc(S(C)(=O)=O)c2)c1C. The molecule has 0 bridgehead atoms. The molecule has 2 aromatic rings. The molecule has 0 saturated heterocycles. The monoisotopic (exact) mass is 294 g/mol. The van der Waals surface area contributed by atoms with Crippen molar-refractivity contribution in [3.63, 3.8) is 0 Å². The van der Waals surface area contributed by atoms with E-state index in [1.165, 1.54) is 24.3 Å².